The molecule has 0 atom stereocenters. The molecule has 21 heavy (non-hydrogen) atoms. The summed E-state index contributed by atoms with van der Waals surface area (Å²) in [5.74, 6) is -1.00. The number of carbonyl (C=O) groups excluding carboxylic acids is 1. The number of carboxylic acids is 1. The van der Waals surface area contributed by atoms with E-state index < -0.39 is 5.97 Å². The second kappa shape index (κ2) is 5.35. The van der Waals surface area contributed by atoms with Gasteiger partial charge in [-0.15, -0.1) is 5.10 Å². The fraction of sp³-hybridized carbons (Fsp3) is 0.286. The Balaban J connectivity index is 1.73. The molecule has 1 aliphatic heterocycles. The van der Waals surface area contributed by atoms with E-state index in [1.807, 2.05) is 24.3 Å². The molecule has 0 bridgehead atoms. The number of fused-ring (bicyclic) bond motifs is 1. The van der Waals surface area contributed by atoms with Gasteiger partial charge >= 0.3 is 5.97 Å². The lowest BCUT2D eigenvalue weighted by Crippen LogP contribution is -2.37. The van der Waals surface area contributed by atoms with Crippen LogP contribution in [0.5, 0.6) is 0 Å². The first-order chi connectivity index (χ1) is 10.1. The van der Waals surface area contributed by atoms with Crippen molar-refractivity contribution in [3.8, 4) is 0 Å². The second-order valence-electron chi connectivity index (χ2n) is 4.94. The lowest BCUT2D eigenvalue weighted by atomic mass is 9.99. The van der Waals surface area contributed by atoms with Crippen LogP contribution < -0.4 is 0 Å². The summed E-state index contributed by atoms with van der Waals surface area (Å²) in [6.07, 6.45) is 2.37. The van der Waals surface area contributed by atoms with Gasteiger partial charge in [0, 0.05) is 12.1 Å². The second-order valence-corrected chi connectivity index (χ2v) is 4.94. The van der Waals surface area contributed by atoms with Gasteiger partial charge in [-0.1, -0.05) is 23.4 Å². The highest BCUT2D eigenvalue weighted by molar-refractivity contribution is 5.96. The van der Waals surface area contributed by atoms with Crippen molar-refractivity contribution in [3.05, 3.63) is 47.3 Å². The van der Waals surface area contributed by atoms with E-state index in [9.17, 15) is 9.59 Å². The van der Waals surface area contributed by atoms with Crippen molar-refractivity contribution in [2.75, 3.05) is 6.54 Å². The van der Waals surface area contributed by atoms with Gasteiger partial charge < -0.3 is 10.0 Å². The minimum atomic E-state index is -0.977. The van der Waals surface area contributed by atoms with Crippen molar-refractivity contribution >= 4 is 11.9 Å². The molecule has 1 aromatic carbocycles. The quantitative estimate of drug-likeness (QED) is 0.887. The molecule has 1 aliphatic rings. The monoisotopic (exact) mass is 286 g/mol. The number of hydrogen-bond donors (Lipinski definition) is 1. The SMILES string of the molecule is O=C(O)Cn1cc(CN2CCc3ccccc3C2=O)nn1. The van der Waals surface area contributed by atoms with Crippen LogP contribution in [0.1, 0.15) is 21.6 Å². The Kier molecular flexibility index (Phi) is 3.39. The highest BCUT2D eigenvalue weighted by Crippen LogP contribution is 2.19. The van der Waals surface area contributed by atoms with E-state index in [4.69, 9.17) is 5.11 Å². The van der Waals surface area contributed by atoms with Crippen LogP contribution in [0.4, 0.5) is 0 Å². The van der Waals surface area contributed by atoms with Crippen LogP contribution in [0.25, 0.3) is 0 Å². The first-order valence-electron chi connectivity index (χ1n) is 6.61. The molecular weight excluding hydrogens is 272 g/mol. The zero-order valence-electron chi connectivity index (χ0n) is 11.3. The summed E-state index contributed by atoms with van der Waals surface area (Å²) < 4.78 is 1.25. The molecular formula is C14H14N4O3. The Labute approximate surface area is 120 Å². The van der Waals surface area contributed by atoms with Crippen molar-refractivity contribution in [2.24, 2.45) is 0 Å². The van der Waals surface area contributed by atoms with Gasteiger partial charge in [0.2, 0.25) is 0 Å². The minimum Gasteiger partial charge on any atom is -0.480 e. The summed E-state index contributed by atoms with van der Waals surface area (Å²) in [6.45, 7) is 0.734. The smallest absolute Gasteiger partial charge is 0.325 e. The van der Waals surface area contributed by atoms with Crippen molar-refractivity contribution in [1.29, 1.82) is 0 Å². The zero-order chi connectivity index (χ0) is 14.8. The maximum absolute atomic E-state index is 12.4. The summed E-state index contributed by atoms with van der Waals surface area (Å²) in [5, 5.41) is 16.3. The number of hydrogen-bond acceptors (Lipinski definition) is 4. The van der Waals surface area contributed by atoms with E-state index >= 15 is 0 Å². The van der Waals surface area contributed by atoms with Crippen LogP contribution in [0.3, 0.4) is 0 Å². The fourth-order valence-corrected chi connectivity index (χ4v) is 2.45. The van der Waals surface area contributed by atoms with Crippen LogP contribution in [-0.4, -0.2) is 43.4 Å². The minimum absolute atomic E-state index is 0.0235. The van der Waals surface area contributed by atoms with E-state index in [0.717, 1.165) is 17.5 Å². The largest absolute Gasteiger partial charge is 0.480 e. The summed E-state index contributed by atoms with van der Waals surface area (Å²) in [6, 6.07) is 7.57. The van der Waals surface area contributed by atoms with Gasteiger partial charge in [0.05, 0.1) is 12.7 Å². The standard InChI is InChI=1S/C14H14N4O3/c19-13(20)9-18-8-11(15-16-18)7-17-6-5-10-3-1-2-4-12(10)14(17)21/h1-4,8H,5-7,9H2,(H,19,20). The zero-order valence-corrected chi connectivity index (χ0v) is 11.3. The highest BCUT2D eigenvalue weighted by Gasteiger charge is 2.24. The molecule has 7 heteroatoms. The van der Waals surface area contributed by atoms with Crippen LogP contribution in [0.15, 0.2) is 30.5 Å². The van der Waals surface area contributed by atoms with Gasteiger partial charge in [0.1, 0.15) is 12.2 Å². The number of rotatable bonds is 4. The van der Waals surface area contributed by atoms with Crippen LogP contribution in [0, 0.1) is 0 Å². The molecule has 0 unspecified atom stereocenters. The fourth-order valence-electron chi connectivity index (χ4n) is 2.45. The van der Waals surface area contributed by atoms with Crippen LogP contribution in [-0.2, 0) is 24.3 Å². The van der Waals surface area contributed by atoms with E-state index in [-0.39, 0.29) is 12.5 Å². The molecule has 0 saturated carbocycles. The third-order valence-corrected chi connectivity index (χ3v) is 3.42. The third kappa shape index (κ3) is 2.76. The summed E-state index contributed by atoms with van der Waals surface area (Å²) >= 11 is 0. The average Bonchev–Trinajstić information content (AvgIpc) is 2.89. The van der Waals surface area contributed by atoms with E-state index in [0.29, 0.717) is 18.8 Å². The van der Waals surface area contributed by atoms with Gasteiger partial charge in [0.25, 0.3) is 5.91 Å². The normalized spacial score (nSPS) is 14.1. The number of aromatic nitrogens is 3. The number of carbonyl (C=O) groups is 2. The molecule has 0 spiro atoms. The van der Waals surface area contributed by atoms with Gasteiger partial charge in [-0.3, -0.25) is 9.59 Å². The topological polar surface area (TPSA) is 88.3 Å². The maximum atomic E-state index is 12.4. The Bertz CT molecular complexity index is 695. The third-order valence-electron chi connectivity index (χ3n) is 3.42. The molecule has 0 fully saturated rings. The summed E-state index contributed by atoms with van der Waals surface area (Å²) in [7, 11) is 0. The molecule has 0 aliphatic carbocycles. The van der Waals surface area contributed by atoms with Crippen molar-refractivity contribution in [2.45, 2.75) is 19.5 Å². The van der Waals surface area contributed by atoms with E-state index in [1.54, 1.807) is 11.1 Å². The Morgan fingerprint density at radius 2 is 2.14 bits per heavy atom. The predicted molar refractivity (Wildman–Crippen MR) is 72.5 cm³/mol. The number of amides is 1. The van der Waals surface area contributed by atoms with Crippen molar-refractivity contribution < 1.29 is 14.7 Å². The summed E-state index contributed by atoms with van der Waals surface area (Å²) in [4.78, 5) is 24.7. The molecule has 3 rings (SSSR count). The van der Waals surface area contributed by atoms with Gasteiger partial charge in [-0.05, 0) is 18.1 Å². The first kappa shape index (κ1) is 13.3. The van der Waals surface area contributed by atoms with Gasteiger partial charge in [-0.25, -0.2) is 4.68 Å². The number of benzene rings is 1. The Hall–Kier alpha value is -2.70. The maximum Gasteiger partial charge on any atom is 0.325 e. The lowest BCUT2D eigenvalue weighted by molar-refractivity contribution is -0.137. The molecule has 2 heterocycles. The van der Waals surface area contributed by atoms with E-state index in [2.05, 4.69) is 10.3 Å². The molecule has 108 valence electrons. The van der Waals surface area contributed by atoms with Crippen LogP contribution >= 0.6 is 0 Å². The van der Waals surface area contributed by atoms with Crippen LogP contribution in [0.2, 0.25) is 0 Å². The average molecular weight is 286 g/mol. The predicted octanol–water partition coefficient (Wildman–Crippen LogP) is 0.561. The molecule has 1 N–H and O–H groups in total. The van der Waals surface area contributed by atoms with Crippen molar-refractivity contribution in [1.82, 2.24) is 19.9 Å². The molecule has 1 aromatic heterocycles. The molecule has 7 nitrogen and oxygen atoms in total. The Morgan fingerprint density at radius 3 is 2.95 bits per heavy atom. The lowest BCUT2D eigenvalue weighted by Gasteiger charge is -2.27. The van der Waals surface area contributed by atoms with Gasteiger partial charge in [0.15, 0.2) is 0 Å². The number of aliphatic carboxylic acids is 1. The number of carboxylic acid groups (broad SMARTS) is 1. The highest BCUT2D eigenvalue weighted by atomic mass is 16.4. The first-order valence-corrected chi connectivity index (χ1v) is 6.61. The molecule has 0 saturated heterocycles. The van der Waals surface area contributed by atoms with Crippen molar-refractivity contribution in [3.63, 3.8) is 0 Å². The molecule has 1 amide bonds. The molecule has 0 radical (unpaired) electrons. The number of nitrogens with zero attached hydrogens (tertiary/aromatic N) is 4. The molecule has 2 aromatic rings. The summed E-state index contributed by atoms with van der Waals surface area (Å²) in [5.41, 5.74) is 2.37. The van der Waals surface area contributed by atoms with E-state index in [1.165, 1.54) is 4.68 Å². The van der Waals surface area contributed by atoms with Gasteiger partial charge in [-0.2, -0.15) is 0 Å². The Morgan fingerprint density at radius 1 is 1.33 bits per heavy atom.